The fraction of sp³-hybridized carbons (Fsp3) is 0.526. The molecule has 0 radical (unpaired) electrons. The number of nitrogens with zero attached hydrogens (tertiary/aromatic N) is 1. The summed E-state index contributed by atoms with van der Waals surface area (Å²) < 4.78 is 0.703. The van der Waals surface area contributed by atoms with Crippen LogP contribution in [0.25, 0.3) is 0 Å². The number of benzene rings is 1. The number of amides is 3. The third-order valence-electron chi connectivity index (χ3n) is 4.55. The molecule has 1 unspecified atom stereocenters. The highest BCUT2D eigenvalue weighted by Gasteiger charge is 2.29. The van der Waals surface area contributed by atoms with E-state index in [2.05, 4.69) is 26.6 Å². The van der Waals surface area contributed by atoms with Crippen LogP contribution in [-0.4, -0.2) is 59.8 Å². The second kappa shape index (κ2) is 10.7. The van der Waals surface area contributed by atoms with E-state index in [1.807, 2.05) is 12.3 Å². The van der Waals surface area contributed by atoms with Crippen molar-refractivity contribution in [2.75, 3.05) is 25.1 Å². The van der Waals surface area contributed by atoms with Crippen molar-refractivity contribution in [3.8, 4) is 0 Å². The van der Waals surface area contributed by atoms with Crippen molar-refractivity contribution in [2.24, 2.45) is 0 Å². The monoisotopic (exact) mass is 455 g/mol. The molecule has 8 heteroatoms. The maximum absolute atomic E-state index is 13.0. The van der Waals surface area contributed by atoms with Gasteiger partial charge in [0, 0.05) is 30.5 Å². The standard InChI is InChI=1S/C19H26BrN3O3S/c1-13(24)21-14-7-10-23(11-8-14)19(26)17(9-12-27-2)22-18(25)15-5-3-4-6-16(15)20/h3-6,14,17H,7-12H2,1-2H3,(H,21,24)(H,22,25). The molecule has 6 nitrogen and oxygen atoms in total. The molecule has 2 N–H and O–H groups in total. The van der Waals surface area contributed by atoms with Gasteiger partial charge in [0.15, 0.2) is 0 Å². The second-order valence-corrected chi connectivity index (χ2v) is 8.43. The van der Waals surface area contributed by atoms with E-state index in [4.69, 9.17) is 0 Å². The van der Waals surface area contributed by atoms with Gasteiger partial charge in [-0.1, -0.05) is 12.1 Å². The Morgan fingerprint density at radius 1 is 1.26 bits per heavy atom. The van der Waals surface area contributed by atoms with Crippen molar-refractivity contribution in [1.82, 2.24) is 15.5 Å². The first-order valence-corrected chi connectivity index (χ1v) is 11.2. The smallest absolute Gasteiger partial charge is 0.253 e. The summed E-state index contributed by atoms with van der Waals surface area (Å²) in [5.74, 6) is 0.439. The molecule has 2 rings (SSSR count). The Morgan fingerprint density at radius 3 is 2.52 bits per heavy atom. The van der Waals surface area contributed by atoms with Gasteiger partial charge >= 0.3 is 0 Å². The molecular weight excluding hydrogens is 430 g/mol. The Bertz CT molecular complexity index is 678. The highest BCUT2D eigenvalue weighted by molar-refractivity contribution is 9.10. The highest BCUT2D eigenvalue weighted by atomic mass is 79.9. The summed E-state index contributed by atoms with van der Waals surface area (Å²) in [7, 11) is 0. The first kappa shape index (κ1) is 21.8. The zero-order valence-electron chi connectivity index (χ0n) is 15.7. The van der Waals surface area contributed by atoms with E-state index in [0.29, 0.717) is 29.5 Å². The van der Waals surface area contributed by atoms with Gasteiger partial charge in [0.2, 0.25) is 11.8 Å². The topological polar surface area (TPSA) is 78.5 Å². The Morgan fingerprint density at radius 2 is 1.93 bits per heavy atom. The molecule has 1 aliphatic heterocycles. The lowest BCUT2D eigenvalue weighted by Gasteiger charge is -2.34. The van der Waals surface area contributed by atoms with Crippen LogP contribution >= 0.6 is 27.7 Å². The lowest BCUT2D eigenvalue weighted by molar-refractivity contribution is -0.134. The normalized spacial score (nSPS) is 15.9. The molecule has 0 spiro atoms. The first-order chi connectivity index (χ1) is 12.9. The summed E-state index contributed by atoms with van der Waals surface area (Å²) >= 11 is 5.03. The van der Waals surface area contributed by atoms with Gasteiger partial charge in [-0.3, -0.25) is 14.4 Å². The molecule has 1 aromatic carbocycles. The summed E-state index contributed by atoms with van der Waals surface area (Å²) in [6.45, 7) is 2.68. The van der Waals surface area contributed by atoms with Crippen molar-refractivity contribution in [3.05, 3.63) is 34.3 Å². The minimum Gasteiger partial charge on any atom is -0.353 e. The van der Waals surface area contributed by atoms with Crippen molar-refractivity contribution < 1.29 is 14.4 Å². The molecule has 1 heterocycles. The van der Waals surface area contributed by atoms with Crippen LogP contribution in [0.15, 0.2) is 28.7 Å². The van der Waals surface area contributed by atoms with Gasteiger partial charge in [-0.25, -0.2) is 0 Å². The third-order valence-corrected chi connectivity index (χ3v) is 5.88. The van der Waals surface area contributed by atoms with Gasteiger partial charge in [0.25, 0.3) is 5.91 Å². The minimum absolute atomic E-state index is 0.0432. The number of thioether (sulfide) groups is 1. The van der Waals surface area contributed by atoms with E-state index >= 15 is 0 Å². The average molecular weight is 456 g/mol. The first-order valence-electron chi connectivity index (χ1n) is 9.02. The number of hydrogen-bond acceptors (Lipinski definition) is 4. The van der Waals surface area contributed by atoms with Crippen LogP contribution in [-0.2, 0) is 9.59 Å². The fourth-order valence-electron chi connectivity index (χ4n) is 3.13. The molecule has 1 fully saturated rings. The molecule has 148 valence electrons. The van der Waals surface area contributed by atoms with E-state index < -0.39 is 6.04 Å². The summed E-state index contributed by atoms with van der Waals surface area (Å²) in [6, 6.07) is 6.75. The zero-order valence-corrected chi connectivity index (χ0v) is 18.1. The van der Waals surface area contributed by atoms with Crippen LogP contribution in [0.4, 0.5) is 0 Å². The van der Waals surface area contributed by atoms with Gasteiger partial charge in [0.1, 0.15) is 6.04 Å². The minimum atomic E-state index is -0.547. The van der Waals surface area contributed by atoms with Gasteiger partial charge in [0.05, 0.1) is 5.56 Å². The van der Waals surface area contributed by atoms with Crippen LogP contribution < -0.4 is 10.6 Å². The van der Waals surface area contributed by atoms with Crippen LogP contribution in [0.1, 0.15) is 36.5 Å². The van der Waals surface area contributed by atoms with Gasteiger partial charge in [-0.2, -0.15) is 11.8 Å². The van der Waals surface area contributed by atoms with Crippen LogP contribution in [0, 0.1) is 0 Å². The SMILES string of the molecule is CSCCC(NC(=O)c1ccccc1Br)C(=O)N1CCC(NC(C)=O)CC1. The molecule has 0 bridgehead atoms. The van der Waals surface area contributed by atoms with E-state index in [1.165, 1.54) is 6.92 Å². The Kier molecular flexibility index (Phi) is 8.63. The molecule has 1 saturated heterocycles. The van der Waals surface area contributed by atoms with Crippen LogP contribution in [0.2, 0.25) is 0 Å². The van der Waals surface area contributed by atoms with Crippen molar-refractivity contribution in [3.63, 3.8) is 0 Å². The highest BCUT2D eigenvalue weighted by Crippen LogP contribution is 2.17. The second-order valence-electron chi connectivity index (χ2n) is 6.59. The maximum Gasteiger partial charge on any atom is 0.253 e. The van der Waals surface area contributed by atoms with Crippen molar-refractivity contribution >= 4 is 45.4 Å². The summed E-state index contributed by atoms with van der Waals surface area (Å²) in [5.41, 5.74) is 0.517. The number of rotatable bonds is 7. The summed E-state index contributed by atoms with van der Waals surface area (Å²) in [4.78, 5) is 38.6. The lowest BCUT2D eigenvalue weighted by Crippen LogP contribution is -2.53. The van der Waals surface area contributed by atoms with Crippen molar-refractivity contribution in [1.29, 1.82) is 0 Å². The zero-order chi connectivity index (χ0) is 19.8. The van der Waals surface area contributed by atoms with E-state index in [0.717, 1.165) is 18.6 Å². The number of hydrogen-bond donors (Lipinski definition) is 2. The van der Waals surface area contributed by atoms with Gasteiger partial charge < -0.3 is 15.5 Å². The van der Waals surface area contributed by atoms with Crippen molar-refractivity contribution in [2.45, 2.75) is 38.3 Å². The number of likely N-dealkylation sites (tertiary alicyclic amines) is 1. The number of halogens is 1. The molecule has 1 aliphatic rings. The number of carbonyl (C=O) groups is 3. The molecule has 0 saturated carbocycles. The Balaban J connectivity index is 2.00. The maximum atomic E-state index is 13.0. The number of nitrogens with one attached hydrogen (secondary N) is 2. The largest absolute Gasteiger partial charge is 0.353 e. The summed E-state index contributed by atoms with van der Waals surface area (Å²) in [6.07, 6.45) is 4.04. The number of piperidine rings is 1. The van der Waals surface area contributed by atoms with Crippen LogP contribution in [0.5, 0.6) is 0 Å². The Hall–Kier alpha value is -1.54. The molecule has 1 atom stereocenters. The van der Waals surface area contributed by atoms with E-state index in [9.17, 15) is 14.4 Å². The predicted octanol–water partition coefficient (Wildman–Crippen LogP) is 2.43. The molecular formula is C19H26BrN3O3S. The number of carbonyl (C=O) groups excluding carboxylic acids is 3. The Labute approximate surface area is 173 Å². The molecule has 3 amide bonds. The predicted molar refractivity (Wildman–Crippen MR) is 112 cm³/mol. The third kappa shape index (κ3) is 6.53. The molecule has 0 aliphatic carbocycles. The quantitative estimate of drug-likeness (QED) is 0.661. The van der Waals surface area contributed by atoms with E-state index in [1.54, 1.807) is 34.9 Å². The summed E-state index contributed by atoms with van der Waals surface area (Å²) in [5, 5.41) is 5.82. The van der Waals surface area contributed by atoms with Gasteiger partial charge in [-0.05, 0) is 59.3 Å². The fourth-order valence-corrected chi connectivity index (χ4v) is 4.06. The molecule has 1 aromatic rings. The lowest BCUT2D eigenvalue weighted by atomic mass is 10.0. The van der Waals surface area contributed by atoms with Gasteiger partial charge in [-0.15, -0.1) is 0 Å². The molecule has 27 heavy (non-hydrogen) atoms. The molecule has 0 aromatic heterocycles. The average Bonchev–Trinajstić information content (AvgIpc) is 2.65. The van der Waals surface area contributed by atoms with E-state index in [-0.39, 0.29) is 23.8 Å². The van der Waals surface area contributed by atoms with Crippen LogP contribution in [0.3, 0.4) is 0 Å².